The molecule has 3 heterocycles. The predicted octanol–water partition coefficient (Wildman–Crippen LogP) is 4.16. The Morgan fingerprint density at radius 2 is 1.97 bits per heavy atom. The third-order valence-corrected chi connectivity index (χ3v) is 4.81. The van der Waals surface area contributed by atoms with Crippen LogP contribution in [0.2, 0.25) is 0 Å². The highest BCUT2D eigenvalue weighted by Crippen LogP contribution is 2.19. The van der Waals surface area contributed by atoms with Gasteiger partial charge in [-0.2, -0.15) is 5.10 Å². The SMILES string of the molecule is CCn1cc(NC(=O)c2ccc(COc3cccc(C)c3)o2)c(C(=O)NCc2ccco2)n1. The lowest BCUT2D eigenvalue weighted by molar-refractivity contribution is 0.0943. The molecule has 2 N–H and O–H groups in total. The van der Waals surface area contributed by atoms with Crippen molar-refractivity contribution in [2.75, 3.05) is 5.32 Å². The topological polar surface area (TPSA) is 112 Å². The molecule has 0 unspecified atom stereocenters. The first-order valence-electron chi connectivity index (χ1n) is 10.5. The molecule has 0 aliphatic carbocycles. The Hall–Kier alpha value is -4.27. The van der Waals surface area contributed by atoms with Gasteiger partial charge in [0, 0.05) is 12.7 Å². The lowest BCUT2D eigenvalue weighted by Gasteiger charge is -2.05. The van der Waals surface area contributed by atoms with Crippen molar-refractivity contribution in [2.45, 2.75) is 33.5 Å². The molecule has 0 spiro atoms. The second-order valence-electron chi connectivity index (χ2n) is 7.33. The number of carbonyl (C=O) groups is 2. The van der Waals surface area contributed by atoms with Gasteiger partial charge in [0.2, 0.25) is 0 Å². The number of aromatic nitrogens is 2. The largest absolute Gasteiger partial charge is 0.486 e. The Morgan fingerprint density at radius 1 is 1.09 bits per heavy atom. The minimum atomic E-state index is -0.493. The number of furan rings is 2. The maximum atomic E-state index is 12.7. The van der Waals surface area contributed by atoms with Gasteiger partial charge in [-0.25, -0.2) is 0 Å². The van der Waals surface area contributed by atoms with Crippen LogP contribution >= 0.6 is 0 Å². The summed E-state index contributed by atoms with van der Waals surface area (Å²) in [5, 5.41) is 9.70. The number of nitrogens with zero attached hydrogens (tertiary/aromatic N) is 2. The lowest BCUT2D eigenvalue weighted by atomic mass is 10.2. The highest BCUT2D eigenvalue weighted by Gasteiger charge is 2.21. The molecule has 2 amide bonds. The second-order valence-corrected chi connectivity index (χ2v) is 7.33. The van der Waals surface area contributed by atoms with Gasteiger partial charge in [0.15, 0.2) is 11.5 Å². The van der Waals surface area contributed by atoms with Crippen molar-refractivity contribution in [3.8, 4) is 5.75 Å². The monoisotopic (exact) mass is 448 g/mol. The molecule has 0 bridgehead atoms. The summed E-state index contributed by atoms with van der Waals surface area (Å²) in [4.78, 5) is 25.4. The minimum absolute atomic E-state index is 0.101. The van der Waals surface area contributed by atoms with Crippen LogP contribution in [0.25, 0.3) is 0 Å². The van der Waals surface area contributed by atoms with E-state index in [9.17, 15) is 9.59 Å². The van der Waals surface area contributed by atoms with Crippen LogP contribution in [0.1, 0.15) is 45.1 Å². The zero-order valence-electron chi connectivity index (χ0n) is 18.3. The number of hydrogen-bond acceptors (Lipinski definition) is 6. The van der Waals surface area contributed by atoms with Crippen molar-refractivity contribution in [2.24, 2.45) is 0 Å². The van der Waals surface area contributed by atoms with E-state index in [2.05, 4.69) is 15.7 Å². The maximum absolute atomic E-state index is 12.7. The number of rotatable bonds is 9. The average molecular weight is 448 g/mol. The number of carbonyl (C=O) groups excluding carboxylic acids is 2. The number of aryl methyl sites for hydroxylation is 2. The first kappa shape index (κ1) is 21.9. The summed E-state index contributed by atoms with van der Waals surface area (Å²) >= 11 is 0. The molecule has 0 aliphatic rings. The maximum Gasteiger partial charge on any atom is 0.291 e. The average Bonchev–Trinajstić information content (AvgIpc) is 3.57. The lowest BCUT2D eigenvalue weighted by Crippen LogP contribution is -2.25. The van der Waals surface area contributed by atoms with Gasteiger partial charge in [-0.15, -0.1) is 0 Å². The van der Waals surface area contributed by atoms with Crippen molar-refractivity contribution < 1.29 is 23.2 Å². The van der Waals surface area contributed by atoms with E-state index in [1.807, 2.05) is 38.1 Å². The number of amides is 2. The van der Waals surface area contributed by atoms with Crippen LogP contribution in [0.4, 0.5) is 5.69 Å². The highest BCUT2D eigenvalue weighted by molar-refractivity contribution is 6.07. The van der Waals surface area contributed by atoms with E-state index in [1.165, 1.54) is 6.26 Å². The number of ether oxygens (including phenoxy) is 1. The smallest absolute Gasteiger partial charge is 0.291 e. The van der Waals surface area contributed by atoms with Crippen molar-refractivity contribution in [1.29, 1.82) is 0 Å². The minimum Gasteiger partial charge on any atom is -0.486 e. The number of benzene rings is 1. The fraction of sp³-hybridized carbons (Fsp3) is 0.208. The second kappa shape index (κ2) is 9.90. The van der Waals surface area contributed by atoms with Crippen molar-refractivity contribution in [1.82, 2.24) is 15.1 Å². The zero-order chi connectivity index (χ0) is 23.2. The Balaban J connectivity index is 1.40. The van der Waals surface area contributed by atoms with Crippen molar-refractivity contribution in [3.63, 3.8) is 0 Å². The predicted molar refractivity (Wildman–Crippen MR) is 120 cm³/mol. The Morgan fingerprint density at radius 3 is 2.73 bits per heavy atom. The molecule has 4 aromatic rings. The first-order valence-corrected chi connectivity index (χ1v) is 10.5. The Bertz CT molecular complexity index is 1240. The highest BCUT2D eigenvalue weighted by atomic mass is 16.5. The van der Waals surface area contributed by atoms with Gasteiger partial charge in [-0.05, 0) is 55.8 Å². The van der Waals surface area contributed by atoms with Crippen LogP contribution in [0.5, 0.6) is 5.75 Å². The summed E-state index contributed by atoms with van der Waals surface area (Å²) in [6.45, 7) is 4.80. The number of hydrogen-bond donors (Lipinski definition) is 2. The standard InChI is InChI=1S/C24H24N4O5/c1-3-28-14-20(22(27-28)24(30)25-13-18-8-5-11-31-18)26-23(29)21-10-9-19(33-21)15-32-17-7-4-6-16(2)12-17/h4-12,14H,3,13,15H2,1-2H3,(H,25,30)(H,26,29). The fourth-order valence-corrected chi connectivity index (χ4v) is 3.13. The van der Waals surface area contributed by atoms with Gasteiger partial charge < -0.3 is 24.2 Å². The summed E-state index contributed by atoms with van der Waals surface area (Å²) in [5.41, 5.74) is 1.47. The van der Waals surface area contributed by atoms with E-state index in [-0.39, 0.29) is 30.3 Å². The summed E-state index contributed by atoms with van der Waals surface area (Å²) in [6, 6.07) is 14.4. The van der Waals surface area contributed by atoms with Crippen molar-refractivity contribution >= 4 is 17.5 Å². The Kier molecular flexibility index (Phi) is 6.58. The molecule has 0 atom stereocenters. The van der Waals surface area contributed by atoms with E-state index >= 15 is 0 Å². The Labute approximate surface area is 190 Å². The molecule has 0 fully saturated rings. The molecule has 0 aliphatic heterocycles. The van der Waals surface area contributed by atoms with E-state index < -0.39 is 11.8 Å². The molecule has 9 nitrogen and oxygen atoms in total. The van der Waals surface area contributed by atoms with Crippen LogP contribution < -0.4 is 15.4 Å². The third kappa shape index (κ3) is 5.51. The van der Waals surface area contributed by atoms with Crippen LogP contribution in [0, 0.1) is 6.92 Å². The van der Waals surface area contributed by atoms with Gasteiger partial charge in [0.25, 0.3) is 11.8 Å². The molecule has 3 aromatic heterocycles. The molecular weight excluding hydrogens is 424 g/mol. The first-order chi connectivity index (χ1) is 16.0. The van der Waals surface area contributed by atoms with E-state index in [0.717, 1.165) is 11.3 Å². The third-order valence-electron chi connectivity index (χ3n) is 4.81. The molecule has 0 saturated carbocycles. The van der Waals surface area contributed by atoms with E-state index in [1.54, 1.807) is 35.1 Å². The van der Waals surface area contributed by atoms with E-state index in [0.29, 0.717) is 18.1 Å². The van der Waals surface area contributed by atoms with Gasteiger partial charge in [-0.3, -0.25) is 14.3 Å². The molecule has 33 heavy (non-hydrogen) atoms. The van der Waals surface area contributed by atoms with Crippen LogP contribution in [-0.2, 0) is 19.7 Å². The normalized spacial score (nSPS) is 10.7. The van der Waals surface area contributed by atoms with Gasteiger partial charge in [-0.1, -0.05) is 12.1 Å². The summed E-state index contributed by atoms with van der Waals surface area (Å²) < 4.78 is 18.1. The van der Waals surface area contributed by atoms with Crippen LogP contribution in [-0.4, -0.2) is 21.6 Å². The summed E-state index contributed by atoms with van der Waals surface area (Å²) in [7, 11) is 0. The van der Waals surface area contributed by atoms with Crippen LogP contribution in [0.3, 0.4) is 0 Å². The van der Waals surface area contributed by atoms with Crippen LogP contribution in [0.15, 0.2) is 69.8 Å². The molecule has 4 rings (SSSR count). The van der Waals surface area contributed by atoms with Gasteiger partial charge in [0.1, 0.15) is 23.9 Å². The summed E-state index contributed by atoms with van der Waals surface area (Å²) in [5.74, 6) is 1.01. The number of anilines is 1. The zero-order valence-corrected chi connectivity index (χ0v) is 18.3. The van der Waals surface area contributed by atoms with Gasteiger partial charge in [0.05, 0.1) is 18.5 Å². The molecule has 0 radical (unpaired) electrons. The summed E-state index contributed by atoms with van der Waals surface area (Å²) in [6.07, 6.45) is 3.13. The van der Waals surface area contributed by atoms with Crippen molar-refractivity contribution in [3.05, 3.63) is 89.5 Å². The molecule has 0 saturated heterocycles. The molecule has 9 heteroatoms. The number of nitrogens with one attached hydrogen (secondary N) is 2. The van der Waals surface area contributed by atoms with Gasteiger partial charge >= 0.3 is 0 Å². The molecule has 1 aromatic carbocycles. The fourth-order valence-electron chi connectivity index (χ4n) is 3.13. The molecular formula is C24H24N4O5. The molecule has 170 valence electrons. The van der Waals surface area contributed by atoms with E-state index in [4.69, 9.17) is 13.6 Å². The quantitative estimate of drug-likeness (QED) is 0.398.